The SMILES string of the molecule is Cc1cc(C)c(C)c(Oc2cc(NC(=O)c3ccn(COc4ccc(Cl)cc4Br)n3)cc([N+](=O)[O-])c2)c1. The second-order valence-corrected chi connectivity index (χ2v) is 9.61. The number of nitro groups is 1. The van der Waals surface area contributed by atoms with Gasteiger partial charge in [-0.2, -0.15) is 5.10 Å². The summed E-state index contributed by atoms with van der Waals surface area (Å²) in [7, 11) is 0. The minimum Gasteiger partial charge on any atom is -0.470 e. The molecule has 0 spiro atoms. The third-order valence-corrected chi connectivity index (χ3v) is 6.33. The second-order valence-electron chi connectivity index (χ2n) is 8.32. The van der Waals surface area contributed by atoms with Crippen LogP contribution in [0, 0.1) is 30.9 Å². The standard InChI is InChI=1S/C26H22BrClN4O5/c1-15-8-16(2)17(3)25(9-15)37-21-12-19(11-20(13-21)32(34)35)29-26(33)23-6-7-31(30-23)14-36-24-5-4-18(28)10-22(24)27/h4-13H,14H2,1-3H3,(H,29,33). The number of aromatic nitrogens is 2. The maximum atomic E-state index is 12.8. The summed E-state index contributed by atoms with van der Waals surface area (Å²) >= 11 is 9.32. The summed E-state index contributed by atoms with van der Waals surface area (Å²) in [5.74, 6) is 0.834. The van der Waals surface area contributed by atoms with Gasteiger partial charge in [0.05, 0.1) is 21.1 Å². The fourth-order valence-corrected chi connectivity index (χ4v) is 4.33. The first-order chi connectivity index (χ1) is 17.6. The number of anilines is 1. The molecule has 0 unspecified atom stereocenters. The van der Waals surface area contributed by atoms with E-state index in [0.29, 0.717) is 21.0 Å². The lowest BCUT2D eigenvalue weighted by atomic mass is 10.1. The highest BCUT2D eigenvalue weighted by atomic mass is 79.9. The van der Waals surface area contributed by atoms with Crippen LogP contribution < -0.4 is 14.8 Å². The van der Waals surface area contributed by atoms with E-state index in [-0.39, 0.29) is 29.5 Å². The van der Waals surface area contributed by atoms with Gasteiger partial charge in [-0.25, -0.2) is 4.68 Å². The molecule has 0 radical (unpaired) electrons. The Morgan fingerprint density at radius 1 is 1.11 bits per heavy atom. The normalized spacial score (nSPS) is 10.7. The first-order valence-corrected chi connectivity index (χ1v) is 12.2. The van der Waals surface area contributed by atoms with Crippen molar-refractivity contribution in [3.63, 3.8) is 0 Å². The van der Waals surface area contributed by atoms with Gasteiger partial charge in [0.1, 0.15) is 17.2 Å². The van der Waals surface area contributed by atoms with Crippen LogP contribution in [-0.2, 0) is 6.73 Å². The number of hydrogen-bond donors (Lipinski definition) is 1. The molecule has 37 heavy (non-hydrogen) atoms. The summed E-state index contributed by atoms with van der Waals surface area (Å²) in [4.78, 5) is 23.8. The van der Waals surface area contributed by atoms with Crippen molar-refractivity contribution in [1.82, 2.24) is 9.78 Å². The van der Waals surface area contributed by atoms with Gasteiger partial charge in [0.25, 0.3) is 11.6 Å². The average molecular weight is 586 g/mol. The smallest absolute Gasteiger partial charge is 0.276 e. The van der Waals surface area contributed by atoms with Gasteiger partial charge in [0.2, 0.25) is 0 Å². The summed E-state index contributed by atoms with van der Waals surface area (Å²) in [6, 6.07) is 14.6. The minimum absolute atomic E-state index is 0.0531. The fourth-order valence-electron chi connectivity index (χ4n) is 3.53. The molecule has 0 atom stereocenters. The zero-order valence-corrected chi connectivity index (χ0v) is 22.5. The quantitative estimate of drug-likeness (QED) is 0.173. The van der Waals surface area contributed by atoms with Crippen molar-refractivity contribution in [3.05, 3.63) is 103 Å². The van der Waals surface area contributed by atoms with Crippen molar-refractivity contribution >= 4 is 44.8 Å². The van der Waals surface area contributed by atoms with Gasteiger partial charge in [-0.1, -0.05) is 17.7 Å². The van der Waals surface area contributed by atoms with E-state index in [1.165, 1.54) is 28.9 Å². The molecule has 1 amide bonds. The number of ether oxygens (including phenoxy) is 2. The summed E-state index contributed by atoms with van der Waals surface area (Å²) in [5.41, 5.74) is 3.05. The molecule has 11 heteroatoms. The molecule has 4 aromatic rings. The Bertz CT molecular complexity index is 1500. The van der Waals surface area contributed by atoms with Gasteiger partial charge < -0.3 is 14.8 Å². The van der Waals surface area contributed by atoms with Crippen LogP contribution in [0.5, 0.6) is 17.2 Å². The average Bonchev–Trinajstić information content (AvgIpc) is 3.31. The Morgan fingerprint density at radius 2 is 1.89 bits per heavy atom. The molecule has 0 fully saturated rings. The molecule has 190 valence electrons. The van der Waals surface area contributed by atoms with Crippen LogP contribution in [-0.4, -0.2) is 20.6 Å². The Hall–Kier alpha value is -3.89. The predicted molar refractivity (Wildman–Crippen MR) is 144 cm³/mol. The van der Waals surface area contributed by atoms with Crippen LogP contribution in [0.15, 0.2) is 65.3 Å². The van der Waals surface area contributed by atoms with Crippen molar-refractivity contribution in [1.29, 1.82) is 0 Å². The van der Waals surface area contributed by atoms with E-state index in [1.54, 1.807) is 24.4 Å². The van der Waals surface area contributed by atoms with Crippen LogP contribution in [0.4, 0.5) is 11.4 Å². The molecule has 1 heterocycles. The highest BCUT2D eigenvalue weighted by Gasteiger charge is 2.16. The number of nitrogens with one attached hydrogen (secondary N) is 1. The van der Waals surface area contributed by atoms with E-state index in [0.717, 1.165) is 16.7 Å². The minimum atomic E-state index is -0.544. The van der Waals surface area contributed by atoms with Gasteiger partial charge in [-0.05, 0) is 83.7 Å². The summed E-state index contributed by atoms with van der Waals surface area (Å²) in [6.07, 6.45) is 1.59. The van der Waals surface area contributed by atoms with E-state index in [4.69, 9.17) is 21.1 Å². The number of carbonyl (C=O) groups is 1. The molecule has 9 nitrogen and oxygen atoms in total. The second kappa shape index (κ2) is 11.0. The number of halogens is 2. The van der Waals surface area contributed by atoms with E-state index in [1.807, 2.05) is 32.9 Å². The van der Waals surface area contributed by atoms with Gasteiger partial charge in [0, 0.05) is 23.4 Å². The monoisotopic (exact) mass is 584 g/mol. The highest BCUT2D eigenvalue weighted by molar-refractivity contribution is 9.10. The molecular weight excluding hydrogens is 564 g/mol. The summed E-state index contributed by atoms with van der Waals surface area (Å²) < 4.78 is 13.8. The van der Waals surface area contributed by atoms with Crippen LogP contribution >= 0.6 is 27.5 Å². The largest absolute Gasteiger partial charge is 0.470 e. The molecule has 0 bridgehead atoms. The molecule has 0 saturated heterocycles. The molecule has 1 aromatic heterocycles. The molecule has 0 aliphatic heterocycles. The third-order valence-electron chi connectivity index (χ3n) is 5.47. The zero-order chi connectivity index (χ0) is 26.7. The number of carbonyl (C=O) groups excluding carboxylic acids is 1. The summed E-state index contributed by atoms with van der Waals surface area (Å²) in [6.45, 7) is 5.87. The van der Waals surface area contributed by atoms with Crippen LogP contribution in [0.3, 0.4) is 0 Å². The summed E-state index contributed by atoms with van der Waals surface area (Å²) in [5, 5.41) is 19.0. The fraction of sp³-hybridized carbons (Fsp3) is 0.154. The number of amides is 1. The first-order valence-electron chi connectivity index (χ1n) is 11.1. The zero-order valence-electron chi connectivity index (χ0n) is 20.1. The lowest BCUT2D eigenvalue weighted by Gasteiger charge is -2.13. The molecule has 0 aliphatic rings. The van der Waals surface area contributed by atoms with Crippen molar-refractivity contribution < 1.29 is 19.2 Å². The predicted octanol–water partition coefficient (Wildman–Crippen LogP) is 7.21. The van der Waals surface area contributed by atoms with Gasteiger partial charge in [0.15, 0.2) is 12.4 Å². The lowest BCUT2D eigenvalue weighted by molar-refractivity contribution is -0.384. The van der Waals surface area contributed by atoms with E-state index in [2.05, 4.69) is 26.3 Å². The highest BCUT2D eigenvalue weighted by Crippen LogP contribution is 2.33. The van der Waals surface area contributed by atoms with E-state index < -0.39 is 10.8 Å². The third kappa shape index (κ3) is 6.46. The van der Waals surface area contributed by atoms with Crippen LogP contribution in [0.25, 0.3) is 0 Å². The maximum Gasteiger partial charge on any atom is 0.276 e. The van der Waals surface area contributed by atoms with Crippen molar-refractivity contribution in [2.24, 2.45) is 0 Å². The maximum absolute atomic E-state index is 12.8. The molecule has 3 aromatic carbocycles. The van der Waals surface area contributed by atoms with Gasteiger partial charge >= 0.3 is 0 Å². The Labute approximate surface area is 226 Å². The van der Waals surface area contributed by atoms with Gasteiger partial charge in [-0.3, -0.25) is 14.9 Å². The topological polar surface area (TPSA) is 109 Å². The van der Waals surface area contributed by atoms with Crippen molar-refractivity contribution in [2.45, 2.75) is 27.5 Å². The van der Waals surface area contributed by atoms with E-state index in [9.17, 15) is 14.9 Å². The molecule has 0 saturated carbocycles. The number of nitrogens with zero attached hydrogens (tertiary/aromatic N) is 3. The number of hydrogen-bond acceptors (Lipinski definition) is 6. The molecule has 0 aliphatic carbocycles. The number of benzene rings is 3. The number of rotatable bonds is 8. The van der Waals surface area contributed by atoms with Crippen molar-refractivity contribution in [3.8, 4) is 17.2 Å². The van der Waals surface area contributed by atoms with E-state index >= 15 is 0 Å². The number of non-ortho nitro benzene ring substituents is 1. The molecule has 4 rings (SSSR count). The first kappa shape index (κ1) is 26.2. The number of aryl methyl sites for hydroxylation is 2. The molecule has 1 N–H and O–H groups in total. The Morgan fingerprint density at radius 3 is 2.62 bits per heavy atom. The lowest BCUT2D eigenvalue weighted by Crippen LogP contribution is -2.14. The Kier molecular flexibility index (Phi) is 7.80. The van der Waals surface area contributed by atoms with Crippen LogP contribution in [0.1, 0.15) is 27.2 Å². The van der Waals surface area contributed by atoms with Crippen molar-refractivity contribution in [2.75, 3.05) is 5.32 Å². The molecular formula is C26H22BrClN4O5. The number of nitro benzene ring substituents is 1. The van der Waals surface area contributed by atoms with Gasteiger partial charge in [-0.15, -0.1) is 0 Å². The van der Waals surface area contributed by atoms with Crippen LogP contribution in [0.2, 0.25) is 5.02 Å². The Balaban J connectivity index is 1.50.